The minimum atomic E-state index is 0.556. The lowest BCUT2D eigenvalue weighted by molar-refractivity contribution is 0.888. The molecule has 0 amide bonds. The third-order valence-electron chi connectivity index (χ3n) is 3.60. The van der Waals surface area contributed by atoms with Gasteiger partial charge in [-0.25, -0.2) is 0 Å². The van der Waals surface area contributed by atoms with E-state index in [-0.39, 0.29) is 0 Å². The van der Waals surface area contributed by atoms with Gasteiger partial charge in [0.2, 0.25) is 0 Å². The lowest BCUT2D eigenvalue weighted by Gasteiger charge is -2.15. The largest absolute Gasteiger partial charge is 0.0740 e. The zero-order valence-electron chi connectivity index (χ0n) is 10.9. The molecular weight excluding hydrogens is 192 g/mol. The predicted octanol–water partition coefficient (Wildman–Crippen LogP) is 4.73. The molecule has 1 atom stereocenters. The molecule has 2 rings (SSSR count). The van der Waals surface area contributed by atoms with Crippen LogP contribution in [0, 0.1) is 5.92 Å². The van der Waals surface area contributed by atoms with Gasteiger partial charge in [0.15, 0.2) is 0 Å². The molecule has 16 heavy (non-hydrogen) atoms. The second-order valence-electron chi connectivity index (χ2n) is 5.03. The van der Waals surface area contributed by atoms with Gasteiger partial charge in [-0.3, -0.25) is 0 Å². The highest BCUT2D eigenvalue weighted by molar-refractivity contribution is 5.65. The Balaban J connectivity index is 2.47. The first kappa shape index (κ1) is 11.2. The second kappa shape index (κ2) is 3.93. The molecule has 0 spiro atoms. The standard InChI is InChI=1S/C16H20/c1-10(2)14-7-6-8-15(14)16-12(4)9-11(3)13(16)5/h6-9,12H,1-5H3. The summed E-state index contributed by atoms with van der Waals surface area (Å²) in [5.74, 6) is 0.556. The monoisotopic (exact) mass is 212 g/mol. The molecule has 0 aromatic rings. The Hall–Kier alpha value is -1.30. The third kappa shape index (κ3) is 1.63. The van der Waals surface area contributed by atoms with Crippen molar-refractivity contribution in [3.63, 3.8) is 0 Å². The van der Waals surface area contributed by atoms with Gasteiger partial charge in [-0.05, 0) is 50.0 Å². The van der Waals surface area contributed by atoms with E-state index in [1.54, 1.807) is 0 Å². The fraction of sp³-hybridized carbons (Fsp3) is 0.375. The van der Waals surface area contributed by atoms with Crippen molar-refractivity contribution in [1.29, 1.82) is 0 Å². The third-order valence-corrected chi connectivity index (χ3v) is 3.60. The van der Waals surface area contributed by atoms with Gasteiger partial charge in [-0.2, -0.15) is 0 Å². The van der Waals surface area contributed by atoms with Gasteiger partial charge >= 0.3 is 0 Å². The van der Waals surface area contributed by atoms with E-state index in [1.807, 2.05) is 0 Å². The maximum Gasteiger partial charge on any atom is 0.000425 e. The minimum absolute atomic E-state index is 0.556. The lowest BCUT2D eigenvalue weighted by Crippen LogP contribution is -1.99. The maximum atomic E-state index is 2.37. The number of hydrogen-bond donors (Lipinski definition) is 0. The number of rotatable bonds is 1. The van der Waals surface area contributed by atoms with Crippen LogP contribution >= 0.6 is 0 Å². The quantitative estimate of drug-likeness (QED) is 0.589. The molecule has 0 saturated carbocycles. The summed E-state index contributed by atoms with van der Waals surface area (Å²) in [5, 5.41) is 0. The van der Waals surface area contributed by atoms with Crippen LogP contribution in [0.4, 0.5) is 0 Å². The smallest absolute Gasteiger partial charge is 0.000425 e. The highest BCUT2D eigenvalue weighted by Gasteiger charge is 2.23. The molecule has 0 saturated heterocycles. The van der Waals surface area contributed by atoms with Crippen molar-refractivity contribution in [3.05, 3.63) is 57.7 Å². The van der Waals surface area contributed by atoms with E-state index in [2.05, 4.69) is 58.9 Å². The van der Waals surface area contributed by atoms with E-state index in [4.69, 9.17) is 0 Å². The van der Waals surface area contributed by atoms with Crippen LogP contribution in [0.2, 0.25) is 0 Å². The summed E-state index contributed by atoms with van der Waals surface area (Å²) < 4.78 is 0. The first-order chi connectivity index (χ1) is 7.52. The molecule has 0 aromatic heterocycles. The summed E-state index contributed by atoms with van der Waals surface area (Å²) in [6, 6.07) is 0. The molecule has 0 aromatic carbocycles. The fourth-order valence-electron chi connectivity index (χ4n) is 2.68. The summed E-state index contributed by atoms with van der Waals surface area (Å²) in [7, 11) is 0. The summed E-state index contributed by atoms with van der Waals surface area (Å²) in [4.78, 5) is 0. The van der Waals surface area contributed by atoms with Crippen LogP contribution in [0.1, 0.15) is 34.6 Å². The Morgan fingerprint density at radius 1 is 1.19 bits per heavy atom. The van der Waals surface area contributed by atoms with Crippen LogP contribution in [0.3, 0.4) is 0 Å². The molecule has 0 radical (unpaired) electrons. The molecule has 84 valence electrons. The van der Waals surface area contributed by atoms with Crippen molar-refractivity contribution in [2.45, 2.75) is 34.6 Å². The van der Waals surface area contributed by atoms with Gasteiger partial charge in [-0.1, -0.05) is 42.4 Å². The van der Waals surface area contributed by atoms with Crippen LogP contribution in [0.5, 0.6) is 0 Å². The Morgan fingerprint density at radius 2 is 1.88 bits per heavy atom. The molecule has 2 aliphatic carbocycles. The van der Waals surface area contributed by atoms with Crippen molar-refractivity contribution in [2.75, 3.05) is 0 Å². The molecule has 0 N–H and O–H groups in total. The van der Waals surface area contributed by atoms with Crippen molar-refractivity contribution < 1.29 is 0 Å². The topological polar surface area (TPSA) is 0 Å². The van der Waals surface area contributed by atoms with Gasteiger partial charge in [0.25, 0.3) is 0 Å². The molecule has 0 heterocycles. The number of hydrogen-bond acceptors (Lipinski definition) is 0. The van der Waals surface area contributed by atoms with Crippen LogP contribution in [-0.2, 0) is 0 Å². The van der Waals surface area contributed by atoms with Crippen LogP contribution < -0.4 is 0 Å². The molecule has 0 heteroatoms. The Labute approximate surface area is 98.8 Å². The zero-order valence-corrected chi connectivity index (χ0v) is 10.9. The highest BCUT2D eigenvalue weighted by Crippen LogP contribution is 2.40. The Bertz CT molecular complexity index is 472. The second-order valence-corrected chi connectivity index (χ2v) is 5.03. The first-order valence-electron chi connectivity index (χ1n) is 5.98. The fourth-order valence-corrected chi connectivity index (χ4v) is 2.68. The van der Waals surface area contributed by atoms with Gasteiger partial charge < -0.3 is 0 Å². The summed E-state index contributed by atoms with van der Waals surface area (Å²) in [5.41, 5.74) is 8.64. The van der Waals surface area contributed by atoms with Crippen molar-refractivity contribution in [1.82, 2.24) is 0 Å². The predicted molar refractivity (Wildman–Crippen MR) is 71.2 cm³/mol. The van der Waals surface area contributed by atoms with E-state index in [1.165, 1.54) is 33.4 Å². The summed E-state index contributed by atoms with van der Waals surface area (Å²) in [6.07, 6.45) is 9.01. The van der Waals surface area contributed by atoms with Crippen molar-refractivity contribution >= 4 is 0 Å². The molecule has 2 aliphatic rings. The van der Waals surface area contributed by atoms with E-state index >= 15 is 0 Å². The average molecular weight is 212 g/mol. The van der Waals surface area contributed by atoms with E-state index in [0.717, 1.165) is 0 Å². The van der Waals surface area contributed by atoms with Crippen LogP contribution in [0.25, 0.3) is 0 Å². The Kier molecular flexibility index (Phi) is 2.75. The zero-order chi connectivity index (χ0) is 11.9. The van der Waals surface area contributed by atoms with Crippen molar-refractivity contribution in [3.8, 4) is 0 Å². The number of allylic oxidation sites excluding steroid dienone is 10. The highest BCUT2D eigenvalue weighted by atomic mass is 14.3. The summed E-state index contributed by atoms with van der Waals surface area (Å²) >= 11 is 0. The Morgan fingerprint density at radius 3 is 2.38 bits per heavy atom. The van der Waals surface area contributed by atoms with Gasteiger partial charge in [0, 0.05) is 5.92 Å². The van der Waals surface area contributed by atoms with Crippen molar-refractivity contribution in [2.24, 2.45) is 5.92 Å². The normalized spacial score (nSPS) is 24.1. The van der Waals surface area contributed by atoms with E-state index in [9.17, 15) is 0 Å². The molecule has 0 aliphatic heterocycles. The minimum Gasteiger partial charge on any atom is -0.0740 e. The molecule has 0 bridgehead atoms. The summed E-state index contributed by atoms with van der Waals surface area (Å²) in [6.45, 7) is 11.1. The van der Waals surface area contributed by atoms with E-state index in [0.29, 0.717) is 5.92 Å². The first-order valence-corrected chi connectivity index (χ1v) is 5.98. The molecule has 0 nitrogen and oxygen atoms in total. The average Bonchev–Trinajstić information content (AvgIpc) is 2.73. The van der Waals surface area contributed by atoms with Gasteiger partial charge in [0.05, 0.1) is 0 Å². The van der Waals surface area contributed by atoms with Gasteiger partial charge in [0.1, 0.15) is 0 Å². The lowest BCUT2D eigenvalue weighted by atomic mass is 9.89. The van der Waals surface area contributed by atoms with Gasteiger partial charge in [-0.15, -0.1) is 0 Å². The van der Waals surface area contributed by atoms with Crippen LogP contribution in [0.15, 0.2) is 57.7 Å². The maximum absolute atomic E-state index is 2.37. The SMILES string of the molecule is CC1=CC(C)C(C2=CC=CC2=C(C)C)=C1C. The molecular formula is C16H20. The molecule has 1 unspecified atom stereocenters. The molecule has 0 fully saturated rings. The van der Waals surface area contributed by atoms with Crippen LogP contribution in [-0.4, -0.2) is 0 Å². The van der Waals surface area contributed by atoms with E-state index < -0.39 is 0 Å².